The maximum absolute atomic E-state index is 6.18. The van der Waals surface area contributed by atoms with Crippen molar-refractivity contribution in [3.8, 4) is 17.2 Å². The number of nitrogens with one attached hydrogen (secondary N) is 1. The van der Waals surface area contributed by atoms with Gasteiger partial charge in [0.25, 0.3) is 0 Å². The van der Waals surface area contributed by atoms with E-state index >= 15 is 0 Å². The zero-order chi connectivity index (χ0) is 14.8. The number of piperidine rings is 1. The van der Waals surface area contributed by atoms with Gasteiger partial charge in [0.15, 0.2) is 0 Å². The molecule has 3 heterocycles. The van der Waals surface area contributed by atoms with Crippen LogP contribution in [0.1, 0.15) is 25.7 Å². The number of nitrogens with zero attached hydrogens (tertiary/aromatic N) is 1. The minimum absolute atomic E-state index is 0.312. The highest BCUT2D eigenvalue weighted by atomic mass is 16.5. The fraction of sp³-hybridized carbons (Fsp3) is 0.389. The van der Waals surface area contributed by atoms with Gasteiger partial charge in [-0.15, -0.1) is 0 Å². The first-order chi connectivity index (χ1) is 10.8. The Hall–Kier alpha value is -2.07. The first-order valence-corrected chi connectivity index (χ1v) is 7.96. The predicted molar refractivity (Wildman–Crippen MR) is 84.3 cm³/mol. The summed E-state index contributed by atoms with van der Waals surface area (Å²) in [6.07, 6.45) is 8.53. The highest BCUT2D eigenvalue weighted by Gasteiger charge is 2.34. The van der Waals surface area contributed by atoms with Gasteiger partial charge in [0.1, 0.15) is 23.4 Å². The van der Waals surface area contributed by atoms with Crippen LogP contribution in [0.2, 0.25) is 0 Å². The Balaban J connectivity index is 1.43. The quantitative estimate of drug-likeness (QED) is 0.937. The number of hydrogen-bond acceptors (Lipinski definition) is 4. The van der Waals surface area contributed by atoms with E-state index in [0.717, 1.165) is 30.1 Å². The minimum Gasteiger partial charge on any atom is -0.490 e. The molecule has 22 heavy (non-hydrogen) atoms. The third-order valence-corrected chi connectivity index (χ3v) is 4.41. The maximum atomic E-state index is 6.18. The molecule has 0 spiro atoms. The Kier molecular flexibility index (Phi) is 3.69. The molecule has 0 amide bonds. The lowest BCUT2D eigenvalue weighted by atomic mass is 10.0. The number of rotatable bonds is 4. The van der Waals surface area contributed by atoms with Crippen LogP contribution in [0.5, 0.6) is 17.2 Å². The topological polar surface area (TPSA) is 43.4 Å². The normalized spacial score (nSPS) is 26.6. The third kappa shape index (κ3) is 3.07. The SMILES string of the molecule is c1cncc(Oc2cccc(OC3CC4CCC(C3)N4)c2)c1. The molecule has 2 aliphatic heterocycles. The van der Waals surface area contributed by atoms with Gasteiger partial charge in [-0.3, -0.25) is 4.98 Å². The fourth-order valence-corrected chi connectivity index (χ4v) is 3.45. The van der Waals surface area contributed by atoms with E-state index in [0.29, 0.717) is 18.2 Å². The molecule has 2 aromatic rings. The molecule has 2 fully saturated rings. The van der Waals surface area contributed by atoms with Crippen LogP contribution in [0.25, 0.3) is 0 Å². The minimum atomic E-state index is 0.312. The number of aromatic nitrogens is 1. The zero-order valence-corrected chi connectivity index (χ0v) is 12.4. The van der Waals surface area contributed by atoms with Crippen molar-refractivity contribution in [3.63, 3.8) is 0 Å². The first-order valence-electron chi connectivity index (χ1n) is 7.96. The highest BCUT2D eigenvalue weighted by Crippen LogP contribution is 2.31. The lowest BCUT2D eigenvalue weighted by Crippen LogP contribution is -2.42. The van der Waals surface area contributed by atoms with Gasteiger partial charge in [0, 0.05) is 24.3 Å². The number of ether oxygens (including phenoxy) is 2. The molecule has 2 aliphatic rings. The lowest BCUT2D eigenvalue weighted by molar-refractivity contribution is 0.137. The summed E-state index contributed by atoms with van der Waals surface area (Å²) in [7, 11) is 0. The summed E-state index contributed by atoms with van der Waals surface area (Å²) < 4.78 is 12.0. The van der Waals surface area contributed by atoms with Gasteiger partial charge in [-0.1, -0.05) is 6.07 Å². The predicted octanol–water partition coefficient (Wildman–Crippen LogP) is 3.54. The molecule has 114 valence electrons. The van der Waals surface area contributed by atoms with Crippen molar-refractivity contribution in [2.24, 2.45) is 0 Å². The van der Waals surface area contributed by atoms with E-state index in [-0.39, 0.29) is 0 Å². The van der Waals surface area contributed by atoms with Crippen LogP contribution in [-0.2, 0) is 0 Å². The molecule has 2 unspecified atom stereocenters. The number of hydrogen-bond donors (Lipinski definition) is 1. The van der Waals surface area contributed by atoms with Crippen molar-refractivity contribution in [2.75, 3.05) is 0 Å². The Labute approximate surface area is 130 Å². The van der Waals surface area contributed by atoms with Gasteiger partial charge in [-0.05, 0) is 49.9 Å². The maximum Gasteiger partial charge on any atom is 0.145 e. The molecule has 0 saturated carbocycles. The molecular formula is C18H20N2O2. The van der Waals surface area contributed by atoms with E-state index in [4.69, 9.17) is 9.47 Å². The van der Waals surface area contributed by atoms with Crippen LogP contribution in [0, 0.1) is 0 Å². The van der Waals surface area contributed by atoms with Gasteiger partial charge < -0.3 is 14.8 Å². The Morgan fingerprint density at radius 2 is 1.73 bits per heavy atom. The Morgan fingerprint density at radius 3 is 2.50 bits per heavy atom. The van der Waals surface area contributed by atoms with Crippen molar-refractivity contribution in [1.29, 1.82) is 0 Å². The monoisotopic (exact) mass is 296 g/mol. The van der Waals surface area contributed by atoms with Gasteiger partial charge in [0.05, 0.1) is 6.20 Å². The van der Waals surface area contributed by atoms with E-state index in [1.807, 2.05) is 36.4 Å². The molecular weight excluding hydrogens is 276 g/mol. The average molecular weight is 296 g/mol. The second-order valence-corrected chi connectivity index (χ2v) is 6.11. The molecule has 4 rings (SSSR count). The van der Waals surface area contributed by atoms with Crippen LogP contribution < -0.4 is 14.8 Å². The standard InChI is InChI=1S/C18H20N2O2/c1-3-15(21-17-5-2-8-19-12-17)11-16(4-1)22-18-9-13-6-7-14(10-18)20-13/h1-5,8,11-14,18,20H,6-7,9-10H2. The molecule has 4 heteroatoms. The molecule has 2 saturated heterocycles. The molecule has 0 aliphatic carbocycles. The van der Waals surface area contributed by atoms with Gasteiger partial charge >= 0.3 is 0 Å². The highest BCUT2D eigenvalue weighted by molar-refractivity contribution is 5.36. The summed E-state index contributed by atoms with van der Waals surface area (Å²) in [6, 6.07) is 12.9. The van der Waals surface area contributed by atoms with Gasteiger partial charge in [-0.2, -0.15) is 0 Å². The van der Waals surface area contributed by atoms with Crippen LogP contribution in [-0.4, -0.2) is 23.2 Å². The fourth-order valence-electron chi connectivity index (χ4n) is 3.45. The molecule has 2 bridgehead atoms. The summed E-state index contributed by atoms with van der Waals surface area (Å²) >= 11 is 0. The largest absolute Gasteiger partial charge is 0.490 e. The number of benzene rings is 1. The summed E-state index contributed by atoms with van der Waals surface area (Å²) in [4.78, 5) is 4.06. The summed E-state index contributed by atoms with van der Waals surface area (Å²) in [5.74, 6) is 2.40. The van der Waals surface area contributed by atoms with Crippen molar-refractivity contribution in [3.05, 3.63) is 48.8 Å². The van der Waals surface area contributed by atoms with Crippen molar-refractivity contribution in [1.82, 2.24) is 10.3 Å². The van der Waals surface area contributed by atoms with E-state index in [1.54, 1.807) is 12.4 Å². The van der Waals surface area contributed by atoms with Crippen molar-refractivity contribution >= 4 is 0 Å². The van der Waals surface area contributed by atoms with E-state index in [2.05, 4.69) is 10.3 Å². The van der Waals surface area contributed by atoms with Crippen molar-refractivity contribution in [2.45, 2.75) is 43.9 Å². The summed E-state index contributed by atoms with van der Waals surface area (Å²) in [6.45, 7) is 0. The second kappa shape index (κ2) is 5.97. The molecule has 1 aromatic carbocycles. The average Bonchev–Trinajstić information content (AvgIpc) is 2.87. The molecule has 1 aromatic heterocycles. The molecule has 2 atom stereocenters. The van der Waals surface area contributed by atoms with Gasteiger partial charge in [0.2, 0.25) is 0 Å². The number of pyridine rings is 1. The van der Waals surface area contributed by atoms with Crippen LogP contribution >= 0.6 is 0 Å². The van der Waals surface area contributed by atoms with E-state index in [9.17, 15) is 0 Å². The summed E-state index contributed by atoms with van der Waals surface area (Å²) in [5, 5.41) is 3.64. The summed E-state index contributed by atoms with van der Waals surface area (Å²) in [5.41, 5.74) is 0. The Morgan fingerprint density at radius 1 is 0.955 bits per heavy atom. The smallest absolute Gasteiger partial charge is 0.145 e. The lowest BCUT2D eigenvalue weighted by Gasteiger charge is -2.29. The van der Waals surface area contributed by atoms with E-state index < -0.39 is 0 Å². The molecule has 4 nitrogen and oxygen atoms in total. The second-order valence-electron chi connectivity index (χ2n) is 6.11. The van der Waals surface area contributed by atoms with Crippen LogP contribution in [0.3, 0.4) is 0 Å². The van der Waals surface area contributed by atoms with E-state index in [1.165, 1.54) is 12.8 Å². The third-order valence-electron chi connectivity index (χ3n) is 4.41. The molecule has 1 N–H and O–H groups in total. The first kappa shape index (κ1) is 13.6. The van der Waals surface area contributed by atoms with Crippen molar-refractivity contribution < 1.29 is 9.47 Å². The van der Waals surface area contributed by atoms with Crippen LogP contribution in [0.15, 0.2) is 48.8 Å². The zero-order valence-electron chi connectivity index (χ0n) is 12.4. The number of fused-ring (bicyclic) bond motifs is 2. The molecule has 0 radical (unpaired) electrons. The van der Waals surface area contributed by atoms with Gasteiger partial charge in [-0.25, -0.2) is 0 Å². The van der Waals surface area contributed by atoms with Crippen LogP contribution in [0.4, 0.5) is 0 Å². The Bertz CT molecular complexity index is 620.